The highest BCUT2D eigenvalue weighted by molar-refractivity contribution is 5.88. The Morgan fingerprint density at radius 2 is 2.33 bits per heavy atom. The second-order valence-corrected chi connectivity index (χ2v) is 2.47. The number of hydrogen-bond acceptors (Lipinski definition) is 3. The van der Waals surface area contributed by atoms with Gasteiger partial charge in [0.15, 0.2) is 5.75 Å². The van der Waals surface area contributed by atoms with Gasteiger partial charge in [-0.05, 0) is 18.2 Å². The molecule has 0 radical (unpaired) electrons. The minimum atomic E-state index is -0.940. The number of carboxylic acids is 1. The van der Waals surface area contributed by atoms with Gasteiger partial charge < -0.3 is 9.99 Å². The van der Waals surface area contributed by atoms with E-state index in [-0.39, 0.29) is 5.56 Å². The number of rotatable bonds is 1. The van der Waals surface area contributed by atoms with Crippen LogP contribution < -0.4 is 4.89 Å². The number of fused-ring (bicyclic) bond motifs is 1. The van der Waals surface area contributed by atoms with Crippen LogP contribution in [0.1, 0.15) is 15.9 Å². The molecule has 1 aromatic carbocycles. The van der Waals surface area contributed by atoms with Crippen molar-refractivity contribution in [2.24, 2.45) is 0 Å². The van der Waals surface area contributed by atoms with Crippen molar-refractivity contribution in [1.82, 2.24) is 0 Å². The fraction of sp³-hybridized carbons (Fsp3) is 0.125. The van der Waals surface area contributed by atoms with Gasteiger partial charge in [-0.1, -0.05) is 0 Å². The lowest BCUT2D eigenvalue weighted by Crippen LogP contribution is -1.95. The molecule has 1 heterocycles. The van der Waals surface area contributed by atoms with Crippen molar-refractivity contribution in [2.75, 3.05) is 0 Å². The maximum atomic E-state index is 10.5. The van der Waals surface area contributed by atoms with E-state index in [1.165, 1.54) is 6.07 Å². The molecule has 0 saturated heterocycles. The zero-order valence-corrected chi connectivity index (χ0v) is 6.11. The van der Waals surface area contributed by atoms with Gasteiger partial charge in [0.25, 0.3) is 0 Å². The molecule has 0 unspecified atom stereocenters. The summed E-state index contributed by atoms with van der Waals surface area (Å²) < 4.78 is 0. The standard InChI is InChI=1S/C8H6O4/c9-8(10)5-1-2-7-6(3-5)4-11-12-7/h1-3H,4H2,(H,9,10). The van der Waals surface area contributed by atoms with Crippen LogP contribution in [0.25, 0.3) is 0 Å². The molecule has 0 aliphatic carbocycles. The third-order valence-corrected chi connectivity index (χ3v) is 1.67. The third kappa shape index (κ3) is 1.02. The third-order valence-electron chi connectivity index (χ3n) is 1.67. The molecular weight excluding hydrogens is 160 g/mol. The molecule has 1 N–H and O–H groups in total. The van der Waals surface area contributed by atoms with Gasteiger partial charge >= 0.3 is 5.97 Å². The van der Waals surface area contributed by atoms with E-state index in [1.807, 2.05) is 0 Å². The molecule has 0 atom stereocenters. The van der Waals surface area contributed by atoms with E-state index in [2.05, 4.69) is 4.89 Å². The van der Waals surface area contributed by atoms with E-state index in [4.69, 9.17) is 9.99 Å². The van der Waals surface area contributed by atoms with Crippen LogP contribution in [0.3, 0.4) is 0 Å². The Labute approximate surface area is 68.3 Å². The minimum Gasteiger partial charge on any atom is -0.478 e. The van der Waals surface area contributed by atoms with Gasteiger partial charge in [-0.3, -0.25) is 0 Å². The number of aromatic carboxylic acids is 1. The Balaban J connectivity index is 2.45. The normalized spacial score (nSPS) is 13.7. The van der Waals surface area contributed by atoms with Gasteiger partial charge in [-0.2, -0.15) is 4.89 Å². The summed E-state index contributed by atoms with van der Waals surface area (Å²) in [5.74, 6) is -0.343. The fourth-order valence-corrected chi connectivity index (χ4v) is 1.06. The van der Waals surface area contributed by atoms with Gasteiger partial charge in [0, 0.05) is 5.56 Å². The maximum Gasteiger partial charge on any atom is 0.335 e. The summed E-state index contributed by atoms with van der Waals surface area (Å²) in [7, 11) is 0. The summed E-state index contributed by atoms with van der Waals surface area (Å²) in [5.41, 5.74) is 1.03. The van der Waals surface area contributed by atoms with Crippen LogP contribution in [0.4, 0.5) is 0 Å². The van der Waals surface area contributed by atoms with Crippen molar-refractivity contribution in [1.29, 1.82) is 0 Å². The molecule has 4 heteroatoms. The highest BCUT2D eigenvalue weighted by Gasteiger charge is 2.15. The lowest BCUT2D eigenvalue weighted by molar-refractivity contribution is -0.194. The average molecular weight is 166 g/mol. The molecular formula is C8H6O4. The van der Waals surface area contributed by atoms with Crippen LogP contribution in [0.5, 0.6) is 5.75 Å². The molecule has 0 spiro atoms. The second kappa shape index (κ2) is 2.49. The first-order valence-electron chi connectivity index (χ1n) is 3.43. The summed E-state index contributed by atoms with van der Waals surface area (Å²) in [6, 6.07) is 4.62. The van der Waals surface area contributed by atoms with E-state index in [9.17, 15) is 4.79 Å². The van der Waals surface area contributed by atoms with E-state index >= 15 is 0 Å². The molecule has 1 aromatic rings. The Morgan fingerprint density at radius 3 is 3.08 bits per heavy atom. The van der Waals surface area contributed by atoms with Crippen molar-refractivity contribution in [3.63, 3.8) is 0 Å². The number of benzene rings is 1. The Bertz CT molecular complexity index is 332. The van der Waals surface area contributed by atoms with Crippen molar-refractivity contribution >= 4 is 5.97 Å². The van der Waals surface area contributed by atoms with Crippen molar-refractivity contribution in [3.8, 4) is 5.75 Å². The highest BCUT2D eigenvalue weighted by Crippen LogP contribution is 2.26. The maximum absolute atomic E-state index is 10.5. The molecule has 62 valence electrons. The Morgan fingerprint density at radius 1 is 1.50 bits per heavy atom. The summed E-state index contributed by atoms with van der Waals surface area (Å²) >= 11 is 0. The van der Waals surface area contributed by atoms with E-state index in [0.717, 1.165) is 5.56 Å². The van der Waals surface area contributed by atoms with Gasteiger partial charge in [0.05, 0.1) is 5.56 Å². The average Bonchev–Trinajstić information content (AvgIpc) is 2.49. The molecule has 0 fully saturated rings. The number of hydrogen-bond donors (Lipinski definition) is 1. The highest BCUT2D eigenvalue weighted by atomic mass is 17.2. The molecule has 0 bridgehead atoms. The van der Waals surface area contributed by atoms with E-state index < -0.39 is 5.97 Å². The Hall–Kier alpha value is -1.55. The van der Waals surface area contributed by atoms with Crippen LogP contribution >= 0.6 is 0 Å². The fourth-order valence-electron chi connectivity index (χ4n) is 1.06. The van der Waals surface area contributed by atoms with Gasteiger partial charge in [-0.25, -0.2) is 4.79 Å². The van der Waals surface area contributed by atoms with Crippen LogP contribution in [-0.2, 0) is 11.5 Å². The predicted octanol–water partition coefficient (Wildman–Crippen LogP) is 1.21. The smallest absolute Gasteiger partial charge is 0.335 e. The summed E-state index contributed by atoms with van der Waals surface area (Å²) in [4.78, 5) is 19.9. The molecule has 2 rings (SSSR count). The van der Waals surface area contributed by atoms with Gasteiger partial charge in [-0.15, -0.1) is 0 Å². The molecule has 1 aliphatic rings. The molecule has 4 nitrogen and oxygen atoms in total. The van der Waals surface area contributed by atoms with Crippen molar-refractivity contribution < 1.29 is 19.7 Å². The molecule has 0 aromatic heterocycles. The molecule has 0 saturated carbocycles. The monoisotopic (exact) mass is 166 g/mol. The lowest BCUT2D eigenvalue weighted by Gasteiger charge is -1.95. The van der Waals surface area contributed by atoms with Crippen LogP contribution in [0.15, 0.2) is 18.2 Å². The van der Waals surface area contributed by atoms with Gasteiger partial charge in [0.1, 0.15) is 6.61 Å². The zero-order valence-electron chi connectivity index (χ0n) is 6.11. The quantitative estimate of drug-likeness (QED) is 0.637. The topological polar surface area (TPSA) is 55.8 Å². The SMILES string of the molecule is O=C(O)c1ccc2c(c1)COO2. The van der Waals surface area contributed by atoms with Crippen molar-refractivity contribution in [3.05, 3.63) is 29.3 Å². The number of carboxylic acid groups (broad SMARTS) is 1. The van der Waals surface area contributed by atoms with E-state index in [1.54, 1.807) is 12.1 Å². The van der Waals surface area contributed by atoms with E-state index in [0.29, 0.717) is 12.4 Å². The first kappa shape index (κ1) is 7.12. The molecule has 0 amide bonds. The zero-order chi connectivity index (χ0) is 8.55. The minimum absolute atomic E-state index is 0.253. The number of carbonyl (C=O) groups is 1. The summed E-state index contributed by atoms with van der Waals surface area (Å²) in [6.07, 6.45) is 0. The molecule has 1 aliphatic heterocycles. The van der Waals surface area contributed by atoms with Crippen LogP contribution in [0, 0.1) is 0 Å². The van der Waals surface area contributed by atoms with Gasteiger partial charge in [0.2, 0.25) is 0 Å². The lowest BCUT2D eigenvalue weighted by atomic mass is 10.1. The van der Waals surface area contributed by atoms with Crippen LogP contribution in [0.2, 0.25) is 0 Å². The first-order valence-corrected chi connectivity index (χ1v) is 3.43. The first-order chi connectivity index (χ1) is 5.77. The summed E-state index contributed by atoms with van der Waals surface area (Å²) in [6.45, 7) is 0.316. The Kier molecular flexibility index (Phi) is 1.48. The molecule has 12 heavy (non-hydrogen) atoms. The van der Waals surface area contributed by atoms with Crippen LogP contribution in [-0.4, -0.2) is 11.1 Å². The largest absolute Gasteiger partial charge is 0.478 e. The second-order valence-electron chi connectivity index (χ2n) is 2.47. The summed E-state index contributed by atoms with van der Waals surface area (Å²) in [5, 5.41) is 8.63. The predicted molar refractivity (Wildman–Crippen MR) is 38.8 cm³/mol. The van der Waals surface area contributed by atoms with Crippen molar-refractivity contribution in [2.45, 2.75) is 6.61 Å².